The molecule has 21 heavy (non-hydrogen) atoms. The molecular formula is C14H18BrF2NO2S. The van der Waals surface area contributed by atoms with E-state index in [-0.39, 0.29) is 10.9 Å². The minimum Gasteiger partial charge on any atom is -0.367 e. The minimum atomic E-state index is -4.59. The van der Waals surface area contributed by atoms with Gasteiger partial charge in [0.25, 0.3) is 0 Å². The third-order valence-electron chi connectivity index (χ3n) is 3.77. The van der Waals surface area contributed by atoms with Crippen LogP contribution in [0.4, 0.5) is 14.5 Å². The number of rotatable bonds is 4. The molecule has 1 fully saturated rings. The van der Waals surface area contributed by atoms with Crippen LogP contribution in [0.5, 0.6) is 0 Å². The van der Waals surface area contributed by atoms with Gasteiger partial charge in [-0.05, 0) is 25.0 Å². The lowest BCUT2D eigenvalue weighted by atomic mass is 10.1. The first kappa shape index (κ1) is 16.7. The van der Waals surface area contributed by atoms with Crippen LogP contribution in [0.3, 0.4) is 0 Å². The van der Waals surface area contributed by atoms with Crippen LogP contribution in [0.15, 0.2) is 29.2 Å². The number of benzene rings is 1. The Bertz CT molecular complexity index is 580. The predicted octanol–water partition coefficient (Wildman–Crippen LogP) is 3.83. The first-order valence-corrected chi connectivity index (χ1v) is 9.59. The second-order valence-electron chi connectivity index (χ2n) is 5.12. The molecule has 0 saturated carbocycles. The molecule has 0 N–H and O–H groups in total. The van der Waals surface area contributed by atoms with Crippen LogP contribution in [-0.4, -0.2) is 32.1 Å². The van der Waals surface area contributed by atoms with Crippen LogP contribution >= 0.6 is 15.9 Å². The molecule has 1 unspecified atom stereocenters. The van der Waals surface area contributed by atoms with Crippen molar-refractivity contribution in [3.63, 3.8) is 0 Å². The van der Waals surface area contributed by atoms with Gasteiger partial charge in [0, 0.05) is 17.9 Å². The van der Waals surface area contributed by atoms with Gasteiger partial charge < -0.3 is 4.90 Å². The number of halogens is 3. The van der Waals surface area contributed by atoms with Gasteiger partial charge in [0.2, 0.25) is 9.84 Å². The van der Waals surface area contributed by atoms with Crippen molar-refractivity contribution < 1.29 is 17.2 Å². The van der Waals surface area contributed by atoms with E-state index in [9.17, 15) is 17.2 Å². The summed E-state index contributed by atoms with van der Waals surface area (Å²) in [6.45, 7) is 0.687. The molecule has 7 heteroatoms. The first-order valence-electron chi connectivity index (χ1n) is 6.92. The Hall–Kier alpha value is -0.690. The van der Waals surface area contributed by atoms with E-state index in [1.807, 2.05) is 4.90 Å². The quantitative estimate of drug-likeness (QED) is 0.743. The summed E-state index contributed by atoms with van der Waals surface area (Å²) >= 11 is 3.45. The fraction of sp³-hybridized carbons (Fsp3) is 0.571. The topological polar surface area (TPSA) is 37.4 Å². The van der Waals surface area contributed by atoms with Gasteiger partial charge >= 0.3 is 5.76 Å². The second-order valence-corrected chi connectivity index (χ2v) is 7.66. The maximum absolute atomic E-state index is 12.9. The Labute approximate surface area is 132 Å². The van der Waals surface area contributed by atoms with Gasteiger partial charge in [0.1, 0.15) is 0 Å². The Morgan fingerprint density at radius 3 is 2.62 bits per heavy atom. The number of nitrogens with zero attached hydrogens (tertiary/aromatic N) is 1. The number of para-hydroxylation sites is 1. The number of hydrogen-bond donors (Lipinski definition) is 0. The average molecular weight is 382 g/mol. The fourth-order valence-electron chi connectivity index (χ4n) is 2.69. The molecular weight excluding hydrogens is 364 g/mol. The van der Waals surface area contributed by atoms with Crippen molar-refractivity contribution in [2.75, 3.05) is 16.8 Å². The van der Waals surface area contributed by atoms with Crippen LogP contribution in [0.1, 0.15) is 25.7 Å². The normalized spacial score (nSPS) is 20.6. The summed E-state index contributed by atoms with van der Waals surface area (Å²) in [7, 11) is -4.59. The molecule has 3 nitrogen and oxygen atoms in total. The molecule has 118 valence electrons. The van der Waals surface area contributed by atoms with E-state index in [0.717, 1.165) is 25.7 Å². The van der Waals surface area contributed by atoms with Gasteiger partial charge in [-0.3, -0.25) is 0 Å². The molecule has 2 rings (SSSR count). The zero-order chi connectivity index (χ0) is 15.5. The number of alkyl halides is 3. The van der Waals surface area contributed by atoms with Crippen LogP contribution < -0.4 is 4.90 Å². The molecule has 1 heterocycles. The molecule has 1 saturated heterocycles. The maximum atomic E-state index is 12.9. The molecule has 1 aliphatic rings. The SMILES string of the molecule is O=S(=O)(c1ccccc1N1CCCCCC1CBr)C(F)F. The highest BCUT2D eigenvalue weighted by Gasteiger charge is 2.32. The Morgan fingerprint density at radius 2 is 1.95 bits per heavy atom. The lowest BCUT2D eigenvalue weighted by Crippen LogP contribution is -2.37. The van der Waals surface area contributed by atoms with Crippen molar-refractivity contribution in [1.82, 2.24) is 0 Å². The van der Waals surface area contributed by atoms with Gasteiger partial charge in [0.15, 0.2) is 0 Å². The van der Waals surface area contributed by atoms with Crippen LogP contribution in [0, 0.1) is 0 Å². The van der Waals surface area contributed by atoms with E-state index < -0.39 is 15.6 Å². The molecule has 0 spiro atoms. The molecule has 0 bridgehead atoms. The van der Waals surface area contributed by atoms with E-state index in [4.69, 9.17) is 0 Å². The molecule has 1 aromatic rings. The van der Waals surface area contributed by atoms with E-state index in [0.29, 0.717) is 17.6 Å². The molecule has 0 radical (unpaired) electrons. The molecule has 0 aromatic heterocycles. The largest absolute Gasteiger partial charge is 0.367 e. The highest BCUT2D eigenvalue weighted by Crippen LogP contribution is 2.33. The molecule has 1 atom stereocenters. The van der Waals surface area contributed by atoms with Crippen molar-refractivity contribution in [2.24, 2.45) is 0 Å². The first-order chi connectivity index (χ1) is 9.98. The third-order valence-corrected chi connectivity index (χ3v) is 5.95. The van der Waals surface area contributed by atoms with Gasteiger partial charge in [-0.1, -0.05) is 40.9 Å². The second kappa shape index (κ2) is 7.05. The van der Waals surface area contributed by atoms with Crippen molar-refractivity contribution in [1.29, 1.82) is 0 Å². The van der Waals surface area contributed by atoms with Gasteiger partial charge in [-0.25, -0.2) is 8.42 Å². The zero-order valence-corrected chi connectivity index (χ0v) is 13.9. The highest BCUT2D eigenvalue weighted by molar-refractivity contribution is 9.09. The van der Waals surface area contributed by atoms with Crippen molar-refractivity contribution >= 4 is 31.5 Å². The van der Waals surface area contributed by atoms with Crippen molar-refractivity contribution in [3.8, 4) is 0 Å². The van der Waals surface area contributed by atoms with E-state index in [2.05, 4.69) is 15.9 Å². The smallest absolute Gasteiger partial charge is 0.341 e. The van der Waals surface area contributed by atoms with Crippen LogP contribution in [0.25, 0.3) is 0 Å². The number of sulfone groups is 1. The van der Waals surface area contributed by atoms with Gasteiger partial charge in [-0.2, -0.15) is 8.78 Å². The minimum absolute atomic E-state index is 0.126. The molecule has 0 aliphatic carbocycles. The summed E-state index contributed by atoms with van der Waals surface area (Å²) in [6, 6.07) is 6.19. The Morgan fingerprint density at radius 1 is 1.24 bits per heavy atom. The van der Waals surface area contributed by atoms with E-state index >= 15 is 0 Å². The third kappa shape index (κ3) is 3.56. The van der Waals surface area contributed by atoms with Gasteiger partial charge in [0.05, 0.1) is 10.6 Å². The summed E-state index contributed by atoms with van der Waals surface area (Å²) in [5, 5.41) is 0.691. The summed E-state index contributed by atoms with van der Waals surface area (Å²) in [4.78, 5) is 1.68. The monoisotopic (exact) mass is 381 g/mol. The number of anilines is 1. The van der Waals surface area contributed by atoms with Crippen molar-refractivity contribution in [2.45, 2.75) is 42.4 Å². The summed E-state index contributed by atoms with van der Waals surface area (Å²) in [5.74, 6) is -3.40. The highest BCUT2D eigenvalue weighted by atomic mass is 79.9. The Balaban J connectivity index is 2.48. The van der Waals surface area contributed by atoms with Crippen LogP contribution in [-0.2, 0) is 9.84 Å². The summed E-state index contributed by atoms with van der Waals surface area (Å²) in [5.41, 5.74) is 0.393. The summed E-state index contributed by atoms with van der Waals surface area (Å²) < 4.78 is 49.6. The zero-order valence-electron chi connectivity index (χ0n) is 11.5. The molecule has 1 aromatic carbocycles. The van der Waals surface area contributed by atoms with Crippen LogP contribution in [0.2, 0.25) is 0 Å². The van der Waals surface area contributed by atoms with E-state index in [1.165, 1.54) is 12.1 Å². The molecule has 1 aliphatic heterocycles. The average Bonchev–Trinajstić information content (AvgIpc) is 2.72. The number of hydrogen-bond acceptors (Lipinski definition) is 3. The van der Waals surface area contributed by atoms with Crippen molar-refractivity contribution in [3.05, 3.63) is 24.3 Å². The lowest BCUT2D eigenvalue weighted by molar-refractivity contribution is 0.234. The Kier molecular flexibility index (Phi) is 5.60. The summed E-state index contributed by atoms with van der Waals surface area (Å²) in [6.07, 6.45) is 4.00. The standard InChI is InChI=1S/C14H18BrF2NO2S/c15-10-11-6-2-1-5-9-18(11)12-7-3-4-8-13(12)21(19,20)14(16)17/h3-4,7-8,11,14H,1-2,5-6,9-10H2. The maximum Gasteiger partial charge on any atom is 0.341 e. The molecule has 0 amide bonds. The van der Waals surface area contributed by atoms with E-state index in [1.54, 1.807) is 12.1 Å². The fourth-order valence-corrected chi connectivity index (χ4v) is 4.30. The predicted molar refractivity (Wildman–Crippen MR) is 83.0 cm³/mol. The van der Waals surface area contributed by atoms with Gasteiger partial charge in [-0.15, -0.1) is 0 Å². The lowest BCUT2D eigenvalue weighted by Gasteiger charge is -2.32.